The Morgan fingerprint density at radius 1 is 1.12 bits per heavy atom. The Balaban J connectivity index is 2.09. The third-order valence-corrected chi connectivity index (χ3v) is 5.79. The van der Waals surface area contributed by atoms with E-state index in [-0.39, 0.29) is 23.1 Å². The van der Waals surface area contributed by atoms with E-state index in [2.05, 4.69) is 13.8 Å². The van der Waals surface area contributed by atoms with Gasteiger partial charge in [-0.2, -0.15) is 11.8 Å². The molecule has 2 rings (SSSR count). The molecule has 0 spiro atoms. The van der Waals surface area contributed by atoms with Crippen LogP contribution in [0.3, 0.4) is 0 Å². The van der Waals surface area contributed by atoms with Gasteiger partial charge in [-0.15, -0.1) is 0 Å². The lowest BCUT2D eigenvalue weighted by atomic mass is 9.67. The summed E-state index contributed by atoms with van der Waals surface area (Å²) in [6.45, 7) is 4.41. The average Bonchev–Trinajstić information content (AvgIpc) is 2.52. The zero-order valence-electron chi connectivity index (χ0n) is 10.1. The Hall–Kier alpha value is 0.170. The predicted octanol–water partition coefficient (Wildman–Crippen LogP) is 3.42. The Morgan fingerprint density at radius 3 is 2.12 bits per heavy atom. The highest BCUT2D eigenvalue weighted by atomic mass is 32.2. The predicted molar refractivity (Wildman–Crippen MR) is 65.0 cm³/mol. The number of alkyl halides is 2. The monoisotopic (exact) mass is 249 g/mol. The van der Waals surface area contributed by atoms with Crippen LogP contribution in [0.1, 0.15) is 46.0 Å². The average molecular weight is 249 g/mol. The van der Waals surface area contributed by atoms with Crippen molar-refractivity contribution in [2.75, 3.05) is 5.75 Å². The lowest BCUT2D eigenvalue weighted by molar-refractivity contribution is -0.0602. The number of thioether (sulfide) groups is 1. The summed E-state index contributed by atoms with van der Waals surface area (Å²) in [5.74, 6) is -0.965. The molecule has 2 aliphatic rings. The first-order chi connectivity index (χ1) is 7.25. The minimum atomic E-state index is -2.47. The quantitative estimate of drug-likeness (QED) is 0.770. The van der Waals surface area contributed by atoms with E-state index in [1.807, 2.05) is 11.8 Å². The molecule has 1 saturated heterocycles. The van der Waals surface area contributed by atoms with E-state index in [0.29, 0.717) is 18.8 Å². The van der Waals surface area contributed by atoms with Gasteiger partial charge < -0.3 is 5.73 Å². The molecule has 2 fully saturated rings. The molecule has 0 amide bonds. The molecule has 1 unspecified atom stereocenters. The summed E-state index contributed by atoms with van der Waals surface area (Å²) < 4.78 is 26.5. The van der Waals surface area contributed by atoms with E-state index in [9.17, 15) is 8.78 Å². The van der Waals surface area contributed by atoms with Crippen molar-refractivity contribution in [2.24, 2.45) is 11.7 Å². The van der Waals surface area contributed by atoms with Crippen LogP contribution in [0, 0.1) is 5.92 Å². The van der Waals surface area contributed by atoms with Crippen molar-refractivity contribution in [3.8, 4) is 0 Å². The number of hydrogen-bond acceptors (Lipinski definition) is 2. The van der Waals surface area contributed by atoms with Crippen molar-refractivity contribution in [2.45, 2.75) is 62.2 Å². The fourth-order valence-electron chi connectivity index (χ4n) is 3.30. The maximum absolute atomic E-state index is 13.2. The van der Waals surface area contributed by atoms with Crippen LogP contribution in [-0.4, -0.2) is 22.0 Å². The summed E-state index contributed by atoms with van der Waals surface area (Å²) in [4.78, 5) is 0. The Labute approximate surface area is 101 Å². The zero-order chi connectivity index (χ0) is 12.0. The molecule has 1 nitrogen and oxygen atoms in total. The minimum absolute atomic E-state index is 0.0270. The fourth-order valence-corrected chi connectivity index (χ4v) is 4.73. The third kappa shape index (κ3) is 2.23. The molecule has 1 heterocycles. The number of halogens is 2. The van der Waals surface area contributed by atoms with E-state index in [1.54, 1.807) is 0 Å². The summed E-state index contributed by atoms with van der Waals surface area (Å²) >= 11 is 1.93. The van der Waals surface area contributed by atoms with Crippen LogP contribution in [0.4, 0.5) is 8.78 Å². The van der Waals surface area contributed by atoms with Crippen LogP contribution in [-0.2, 0) is 0 Å². The topological polar surface area (TPSA) is 26.0 Å². The molecule has 4 heteroatoms. The van der Waals surface area contributed by atoms with Crippen LogP contribution in [0.15, 0.2) is 0 Å². The van der Waals surface area contributed by atoms with Gasteiger partial charge in [-0.1, -0.05) is 13.8 Å². The molecule has 2 N–H and O–H groups in total. The van der Waals surface area contributed by atoms with Crippen molar-refractivity contribution in [1.29, 1.82) is 0 Å². The maximum Gasteiger partial charge on any atom is 0.248 e. The van der Waals surface area contributed by atoms with Gasteiger partial charge in [-0.05, 0) is 30.9 Å². The minimum Gasteiger partial charge on any atom is -0.325 e. The van der Waals surface area contributed by atoms with Gasteiger partial charge in [0.15, 0.2) is 0 Å². The van der Waals surface area contributed by atoms with Gasteiger partial charge in [0.25, 0.3) is 0 Å². The van der Waals surface area contributed by atoms with Gasteiger partial charge in [-0.3, -0.25) is 0 Å². The molecule has 94 valence electrons. The summed E-state index contributed by atoms with van der Waals surface area (Å²) in [6.07, 6.45) is 1.99. The van der Waals surface area contributed by atoms with E-state index in [0.717, 1.165) is 12.2 Å². The second kappa shape index (κ2) is 3.84. The molecule has 16 heavy (non-hydrogen) atoms. The normalized spacial score (nSPS) is 36.2. The van der Waals surface area contributed by atoms with Crippen molar-refractivity contribution in [3.63, 3.8) is 0 Å². The summed E-state index contributed by atoms with van der Waals surface area (Å²) in [6, 6.07) is 0. The number of rotatable bonds is 1. The van der Waals surface area contributed by atoms with Gasteiger partial charge in [0.1, 0.15) is 0 Å². The highest BCUT2D eigenvalue weighted by molar-refractivity contribution is 8.00. The molecule has 1 atom stereocenters. The Morgan fingerprint density at radius 2 is 1.69 bits per heavy atom. The summed E-state index contributed by atoms with van der Waals surface area (Å²) in [5.41, 5.74) is 6.06. The van der Waals surface area contributed by atoms with Crippen LogP contribution in [0.2, 0.25) is 0 Å². The van der Waals surface area contributed by atoms with Crippen LogP contribution in [0.5, 0.6) is 0 Å². The second-order valence-electron chi connectivity index (χ2n) is 5.88. The second-order valence-corrected chi connectivity index (χ2v) is 7.63. The standard InChI is InChI=1S/C12H21F2NS/c1-10(2)9(3-8-16-10)11(15)4-6-12(13,14)7-5-11/h9H,3-8,15H2,1-2H3. The van der Waals surface area contributed by atoms with Crippen LogP contribution in [0.25, 0.3) is 0 Å². The number of hydrogen-bond donors (Lipinski definition) is 1. The maximum atomic E-state index is 13.2. The smallest absolute Gasteiger partial charge is 0.248 e. The van der Waals surface area contributed by atoms with Crippen LogP contribution >= 0.6 is 11.8 Å². The van der Waals surface area contributed by atoms with Crippen molar-refractivity contribution in [3.05, 3.63) is 0 Å². The van der Waals surface area contributed by atoms with Crippen molar-refractivity contribution in [1.82, 2.24) is 0 Å². The lowest BCUT2D eigenvalue weighted by Gasteiger charge is -2.46. The van der Waals surface area contributed by atoms with Gasteiger partial charge in [-0.25, -0.2) is 8.78 Å². The molecule has 0 aromatic carbocycles. The highest BCUT2D eigenvalue weighted by Gasteiger charge is 2.51. The molecule has 1 aliphatic heterocycles. The lowest BCUT2D eigenvalue weighted by Crippen LogP contribution is -2.55. The molecule has 0 aromatic rings. The van der Waals surface area contributed by atoms with Gasteiger partial charge in [0, 0.05) is 23.1 Å². The molecule has 1 saturated carbocycles. The van der Waals surface area contributed by atoms with Gasteiger partial charge in [0.05, 0.1) is 0 Å². The van der Waals surface area contributed by atoms with E-state index in [1.165, 1.54) is 0 Å². The first-order valence-electron chi connectivity index (χ1n) is 6.06. The third-order valence-electron chi connectivity index (χ3n) is 4.33. The van der Waals surface area contributed by atoms with Crippen molar-refractivity contribution >= 4 is 11.8 Å². The molecule has 0 aromatic heterocycles. The Bertz CT molecular complexity index is 268. The molecule has 1 aliphatic carbocycles. The first kappa shape index (κ1) is 12.6. The fraction of sp³-hybridized carbons (Fsp3) is 1.00. The van der Waals surface area contributed by atoms with Gasteiger partial charge in [0.2, 0.25) is 5.92 Å². The SMILES string of the molecule is CC1(C)SCCC1C1(N)CCC(F)(F)CC1. The molecule has 0 radical (unpaired) electrons. The molecule has 0 bridgehead atoms. The van der Waals surface area contributed by atoms with E-state index < -0.39 is 5.92 Å². The number of nitrogens with two attached hydrogens (primary N) is 1. The van der Waals surface area contributed by atoms with Gasteiger partial charge >= 0.3 is 0 Å². The largest absolute Gasteiger partial charge is 0.325 e. The van der Waals surface area contributed by atoms with Crippen molar-refractivity contribution < 1.29 is 8.78 Å². The van der Waals surface area contributed by atoms with E-state index >= 15 is 0 Å². The molecular formula is C12H21F2NS. The zero-order valence-corrected chi connectivity index (χ0v) is 10.9. The van der Waals surface area contributed by atoms with Crippen LogP contribution < -0.4 is 5.73 Å². The highest BCUT2D eigenvalue weighted by Crippen LogP contribution is 2.52. The summed E-state index contributed by atoms with van der Waals surface area (Å²) in [7, 11) is 0. The van der Waals surface area contributed by atoms with E-state index in [4.69, 9.17) is 5.73 Å². The first-order valence-corrected chi connectivity index (χ1v) is 7.04. The summed E-state index contributed by atoms with van der Waals surface area (Å²) in [5, 5.41) is 0. The molecular weight excluding hydrogens is 228 g/mol. The Kier molecular flexibility index (Phi) is 3.03.